The van der Waals surface area contributed by atoms with Crippen LogP contribution in [0, 0.1) is 34.6 Å². The molecule has 8 heteroatoms. The van der Waals surface area contributed by atoms with E-state index in [1.807, 2.05) is 45.9 Å². The van der Waals surface area contributed by atoms with Crippen molar-refractivity contribution in [1.29, 1.82) is 0 Å². The molecule has 0 aliphatic heterocycles. The minimum absolute atomic E-state index is 0.0308. The Morgan fingerprint density at radius 2 is 1.54 bits per heavy atom. The Bertz CT molecular complexity index is 1650. The van der Waals surface area contributed by atoms with Crippen molar-refractivity contribution < 1.29 is 13.2 Å². The molecule has 180 valence electrons. The third-order valence-electron chi connectivity index (χ3n) is 6.21. The summed E-state index contributed by atoms with van der Waals surface area (Å²) in [4.78, 5) is 30.3. The Balaban J connectivity index is 1.82. The van der Waals surface area contributed by atoms with Crippen LogP contribution in [0.1, 0.15) is 27.9 Å². The molecule has 2 heterocycles. The number of hydrogen-bond donors (Lipinski definition) is 1. The monoisotopic (exact) mass is 489 g/mol. The van der Waals surface area contributed by atoms with E-state index < -0.39 is 20.2 Å². The molecule has 4 rings (SSSR count). The van der Waals surface area contributed by atoms with Crippen molar-refractivity contribution in [3.05, 3.63) is 92.9 Å². The van der Waals surface area contributed by atoms with Gasteiger partial charge in [0, 0.05) is 17.6 Å². The maximum atomic E-state index is 13.5. The fourth-order valence-electron chi connectivity index (χ4n) is 3.83. The molecule has 0 radical (unpaired) electrons. The number of aromatic nitrogens is 2. The van der Waals surface area contributed by atoms with E-state index in [4.69, 9.17) is 0 Å². The van der Waals surface area contributed by atoms with Gasteiger partial charge in [0.25, 0.3) is 0 Å². The summed E-state index contributed by atoms with van der Waals surface area (Å²) in [6.07, 6.45) is 1.22. The van der Waals surface area contributed by atoms with Gasteiger partial charge in [-0.3, -0.25) is 9.59 Å². The van der Waals surface area contributed by atoms with E-state index in [0.717, 1.165) is 22.3 Å². The van der Waals surface area contributed by atoms with Crippen molar-refractivity contribution in [3.63, 3.8) is 0 Å². The number of benzene rings is 2. The number of hydrogen-bond acceptors (Lipinski definition) is 5. The summed E-state index contributed by atoms with van der Waals surface area (Å²) in [5.41, 5.74) is 4.78. The van der Waals surface area contributed by atoms with Crippen molar-refractivity contribution >= 4 is 32.5 Å². The van der Waals surface area contributed by atoms with Crippen LogP contribution in [0.2, 0.25) is 0 Å². The Hall–Kier alpha value is -3.78. The molecule has 0 fully saturated rings. The van der Waals surface area contributed by atoms with Crippen molar-refractivity contribution in [1.82, 2.24) is 9.55 Å². The van der Waals surface area contributed by atoms with Gasteiger partial charge >= 0.3 is 0 Å². The zero-order valence-corrected chi connectivity index (χ0v) is 21.2. The van der Waals surface area contributed by atoms with Gasteiger partial charge < -0.3 is 9.88 Å². The van der Waals surface area contributed by atoms with Crippen LogP contribution in [-0.4, -0.2) is 23.9 Å². The maximum absolute atomic E-state index is 13.5. The van der Waals surface area contributed by atoms with Crippen LogP contribution in [0.15, 0.2) is 69.3 Å². The predicted molar refractivity (Wildman–Crippen MR) is 137 cm³/mol. The first-order valence-corrected chi connectivity index (χ1v) is 12.7. The van der Waals surface area contributed by atoms with E-state index >= 15 is 0 Å². The standard InChI is InChI=1S/C27H27N3O4S/c1-16-6-9-21(12-18(16)3)29-25(31)15-30-14-24(26(32)23-11-8-20(5)28-27(23)30)35(33,34)22-10-7-17(2)19(4)13-22/h6-14H,15H2,1-5H3,(H,29,31). The number of pyridine rings is 2. The van der Waals surface area contributed by atoms with Gasteiger partial charge in [-0.05, 0) is 93.3 Å². The number of carbonyl (C=O) groups is 1. The first kappa shape index (κ1) is 24.3. The van der Waals surface area contributed by atoms with Crippen molar-refractivity contribution in [2.24, 2.45) is 0 Å². The van der Waals surface area contributed by atoms with Crippen LogP contribution in [0.3, 0.4) is 0 Å². The lowest BCUT2D eigenvalue weighted by molar-refractivity contribution is -0.116. The molecule has 0 spiro atoms. The Kier molecular flexibility index (Phi) is 6.34. The topological polar surface area (TPSA) is 98.1 Å². The van der Waals surface area contributed by atoms with Crippen LogP contribution in [0.4, 0.5) is 5.69 Å². The summed E-state index contributed by atoms with van der Waals surface area (Å²) < 4.78 is 28.4. The number of nitrogens with zero attached hydrogens (tertiary/aromatic N) is 2. The highest BCUT2D eigenvalue weighted by Crippen LogP contribution is 2.23. The molecule has 0 saturated heterocycles. The summed E-state index contributed by atoms with van der Waals surface area (Å²) in [5, 5.41) is 2.98. The van der Waals surface area contributed by atoms with Gasteiger partial charge in [-0.2, -0.15) is 0 Å². The first-order valence-electron chi connectivity index (χ1n) is 11.2. The van der Waals surface area contributed by atoms with Gasteiger partial charge in [0.1, 0.15) is 17.1 Å². The van der Waals surface area contributed by atoms with Gasteiger partial charge in [0.15, 0.2) is 0 Å². The molecular weight excluding hydrogens is 462 g/mol. The smallest absolute Gasteiger partial charge is 0.244 e. The molecular formula is C27H27N3O4S. The van der Waals surface area contributed by atoms with E-state index in [1.165, 1.54) is 16.8 Å². The Morgan fingerprint density at radius 1 is 0.886 bits per heavy atom. The molecule has 7 nitrogen and oxygen atoms in total. The number of anilines is 1. The molecule has 1 amide bonds. The van der Waals surface area contributed by atoms with Crippen molar-refractivity contribution in [3.8, 4) is 0 Å². The SMILES string of the molecule is Cc1ccc2c(=O)c(S(=O)(=O)c3ccc(C)c(C)c3)cn(CC(=O)Nc3ccc(C)c(C)c3)c2n1. The van der Waals surface area contributed by atoms with Crippen molar-refractivity contribution in [2.45, 2.75) is 51.0 Å². The molecule has 4 aromatic rings. The normalized spacial score (nSPS) is 11.6. The lowest BCUT2D eigenvalue weighted by Gasteiger charge is -2.14. The number of rotatable bonds is 5. The zero-order chi connectivity index (χ0) is 25.5. The van der Waals surface area contributed by atoms with Crippen LogP contribution in [-0.2, 0) is 21.2 Å². The highest BCUT2D eigenvalue weighted by atomic mass is 32.2. The number of fused-ring (bicyclic) bond motifs is 1. The van der Waals surface area contributed by atoms with E-state index in [9.17, 15) is 18.0 Å². The Labute approximate surface area is 204 Å². The summed E-state index contributed by atoms with van der Waals surface area (Å²) in [6, 6.07) is 13.6. The van der Waals surface area contributed by atoms with Crippen LogP contribution in [0.5, 0.6) is 0 Å². The van der Waals surface area contributed by atoms with Crippen molar-refractivity contribution in [2.75, 3.05) is 5.32 Å². The second-order valence-corrected chi connectivity index (χ2v) is 10.8. The average molecular weight is 490 g/mol. The summed E-state index contributed by atoms with van der Waals surface area (Å²) in [5.74, 6) is -0.365. The lowest BCUT2D eigenvalue weighted by atomic mass is 10.1. The number of nitrogens with one attached hydrogen (secondary N) is 1. The van der Waals surface area contributed by atoms with Gasteiger partial charge in [-0.15, -0.1) is 0 Å². The lowest BCUT2D eigenvalue weighted by Crippen LogP contribution is -2.24. The highest BCUT2D eigenvalue weighted by Gasteiger charge is 2.25. The highest BCUT2D eigenvalue weighted by molar-refractivity contribution is 7.91. The molecule has 35 heavy (non-hydrogen) atoms. The zero-order valence-electron chi connectivity index (χ0n) is 20.3. The number of aryl methyl sites for hydroxylation is 5. The van der Waals surface area contributed by atoms with Crippen LogP contribution < -0.4 is 10.7 Å². The van der Waals surface area contributed by atoms with E-state index in [2.05, 4.69) is 10.3 Å². The largest absolute Gasteiger partial charge is 0.325 e. The second kappa shape index (κ2) is 9.11. The quantitative estimate of drug-likeness (QED) is 0.448. The average Bonchev–Trinajstić information content (AvgIpc) is 2.79. The molecule has 0 aliphatic rings. The van der Waals surface area contributed by atoms with E-state index in [1.54, 1.807) is 31.2 Å². The van der Waals surface area contributed by atoms with E-state index in [0.29, 0.717) is 11.4 Å². The van der Waals surface area contributed by atoms with Crippen LogP contribution in [0.25, 0.3) is 11.0 Å². The Morgan fingerprint density at radius 3 is 2.20 bits per heavy atom. The number of amides is 1. The van der Waals surface area contributed by atoms with Gasteiger partial charge in [-0.1, -0.05) is 12.1 Å². The second-order valence-electron chi connectivity index (χ2n) is 8.87. The molecule has 1 N–H and O–H groups in total. The van der Waals surface area contributed by atoms with Crippen LogP contribution >= 0.6 is 0 Å². The third-order valence-corrected chi connectivity index (χ3v) is 7.96. The summed E-state index contributed by atoms with van der Waals surface area (Å²) in [7, 11) is -4.13. The first-order chi connectivity index (χ1) is 16.5. The molecule has 0 atom stereocenters. The summed E-state index contributed by atoms with van der Waals surface area (Å²) >= 11 is 0. The maximum Gasteiger partial charge on any atom is 0.244 e. The van der Waals surface area contributed by atoms with Gasteiger partial charge in [0.2, 0.25) is 21.2 Å². The minimum atomic E-state index is -4.13. The fraction of sp³-hybridized carbons (Fsp3) is 0.222. The number of sulfone groups is 1. The molecule has 2 aromatic heterocycles. The van der Waals surface area contributed by atoms with Gasteiger partial charge in [-0.25, -0.2) is 13.4 Å². The molecule has 0 unspecified atom stereocenters. The summed E-state index contributed by atoms with van der Waals surface area (Å²) in [6.45, 7) is 9.20. The molecule has 2 aromatic carbocycles. The minimum Gasteiger partial charge on any atom is -0.325 e. The fourth-order valence-corrected chi connectivity index (χ4v) is 5.28. The predicted octanol–water partition coefficient (Wildman–Crippen LogP) is 4.41. The molecule has 0 aliphatic carbocycles. The van der Waals surface area contributed by atoms with Gasteiger partial charge in [0.05, 0.1) is 10.3 Å². The molecule has 0 saturated carbocycles. The third kappa shape index (κ3) is 4.74. The molecule has 0 bridgehead atoms. The van der Waals surface area contributed by atoms with E-state index in [-0.39, 0.29) is 28.4 Å². The number of carbonyl (C=O) groups excluding carboxylic acids is 1.